The molecule has 0 radical (unpaired) electrons. The van der Waals surface area contributed by atoms with Crippen molar-refractivity contribution in [2.75, 3.05) is 24.0 Å². The van der Waals surface area contributed by atoms with Gasteiger partial charge >= 0.3 is 17.9 Å². The number of aliphatic carboxylic acids is 3. The highest BCUT2D eigenvalue weighted by atomic mass is 32.2. The number of nitrogens with one attached hydrogen (secondary N) is 4. The molecule has 0 rings (SSSR count). The lowest BCUT2D eigenvalue weighted by molar-refractivity contribution is -0.143. The van der Waals surface area contributed by atoms with Crippen molar-refractivity contribution >= 4 is 65.1 Å². The predicted octanol–water partition coefficient (Wildman–Crippen LogP) is -0.381. The van der Waals surface area contributed by atoms with Crippen LogP contribution in [0.3, 0.4) is 0 Å². The van der Waals surface area contributed by atoms with E-state index in [-0.39, 0.29) is 31.6 Å². The van der Waals surface area contributed by atoms with Crippen LogP contribution in [0.25, 0.3) is 0 Å². The molecular weight excluding hydrogens is 606 g/mol. The molecule has 0 aliphatic rings. The lowest BCUT2D eigenvalue weighted by atomic mass is 10.0. The molecule has 5 atom stereocenters. The first-order valence-electron chi connectivity index (χ1n) is 13.7. The van der Waals surface area contributed by atoms with E-state index >= 15 is 0 Å². The molecule has 0 aromatic rings. The Balaban J connectivity index is 5.89. The number of amides is 4. The molecule has 0 heterocycles. The molecule has 0 aliphatic heterocycles. The van der Waals surface area contributed by atoms with E-state index < -0.39 is 84.6 Å². The number of carbonyl (C=O) groups is 7. The van der Waals surface area contributed by atoms with Crippen molar-refractivity contribution in [2.24, 2.45) is 11.7 Å². The molecule has 0 unspecified atom stereocenters. The summed E-state index contributed by atoms with van der Waals surface area (Å²) in [6.07, 6.45) is 2.56. The molecule has 43 heavy (non-hydrogen) atoms. The van der Waals surface area contributed by atoms with Crippen molar-refractivity contribution in [2.45, 2.75) is 89.0 Å². The molecule has 15 nitrogen and oxygen atoms in total. The summed E-state index contributed by atoms with van der Waals surface area (Å²) < 4.78 is 0. The molecule has 9 N–H and O–H groups in total. The third kappa shape index (κ3) is 17.6. The lowest BCUT2D eigenvalue weighted by Gasteiger charge is -2.27. The molecule has 0 aliphatic carbocycles. The standard InChI is InChI=1S/C26H45N5O10S2/c1-14(2)13-19(25(39)30-18(26(40)41)6-8-21(34)35)31-23(37)16(5-7-20(32)33)29-24(38)17(10-12-43-4)28-22(36)15(27)9-11-42-3/h14-19H,5-13,27H2,1-4H3,(H,28,36)(H,29,38)(H,30,39)(H,31,37)(H,32,33)(H,34,35)(H,40,41)/t15-,16-,17-,18-,19-/m0/s1. The van der Waals surface area contributed by atoms with Gasteiger partial charge < -0.3 is 42.3 Å². The summed E-state index contributed by atoms with van der Waals surface area (Å²) in [7, 11) is 0. The van der Waals surface area contributed by atoms with Crippen molar-refractivity contribution in [1.29, 1.82) is 0 Å². The van der Waals surface area contributed by atoms with Gasteiger partial charge in [0, 0.05) is 12.8 Å². The maximum absolute atomic E-state index is 13.3. The summed E-state index contributed by atoms with van der Waals surface area (Å²) >= 11 is 2.93. The van der Waals surface area contributed by atoms with Gasteiger partial charge in [-0.15, -0.1) is 0 Å². The minimum atomic E-state index is -1.53. The SMILES string of the molecule is CSCC[C@H](NC(=O)[C@@H](N)CCSC)C(=O)N[C@@H](CCC(=O)O)C(=O)N[C@@H](CC(C)C)C(=O)N[C@@H](CCC(=O)O)C(=O)O. The molecule has 17 heteroatoms. The molecule has 0 aromatic heterocycles. The minimum Gasteiger partial charge on any atom is -0.481 e. The minimum absolute atomic E-state index is 0.0583. The van der Waals surface area contributed by atoms with E-state index in [1.54, 1.807) is 20.1 Å². The maximum atomic E-state index is 13.3. The van der Waals surface area contributed by atoms with E-state index in [1.807, 2.05) is 6.26 Å². The zero-order valence-corrected chi connectivity index (χ0v) is 26.6. The van der Waals surface area contributed by atoms with Gasteiger partial charge in [0.25, 0.3) is 0 Å². The van der Waals surface area contributed by atoms with Crippen molar-refractivity contribution < 1.29 is 48.9 Å². The van der Waals surface area contributed by atoms with E-state index in [0.29, 0.717) is 17.9 Å². The number of thioether (sulfide) groups is 2. The number of carbonyl (C=O) groups excluding carboxylic acids is 4. The Bertz CT molecular complexity index is 969. The van der Waals surface area contributed by atoms with Crippen LogP contribution in [-0.4, -0.2) is 111 Å². The van der Waals surface area contributed by atoms with Gasteiger partial charge in [0.05, 0.1) is 6.04 Å². The van der Waals surface area contributed by atoms with Gasteiger partial charge in [-0.3, -0.25) is 28.8 Å². The fourth-order valence-corrected chi connectivity index (χ4v) is 4.70. The summed E-state index contributed by atoms with van der Waals surface area (Å²) in [5.74, 6) is -6.06. The molecule has 0 saturated carbocycles. The molecule has 0 saturated heterocycles. The highest BCUT2D eigenvalue weighted by Crippen LogP contribution is 2.10. The van der Waals surface area contributed by atoms with Gasteiger partial charge in [0.1, 0.15) is 24.2 Å². The zero-order valence-electron chi connectivity index (χ0n) is 24.9. The topological polar surface area (TPSA) is 254 Å². The average molecular weight is 652 g/mol. The van der Waals surface area contributed by atoms with Crippen LogP contribution in [0.4, 0.5) is 0 Å². The van der Waals surface area contributed by atoms with E-state index in [4.69, 9.17) is 10.8 Å². The third-order valence-corrected chi connectivity index (χ3v) is 7.38. The van der Waals surface area contributed by atoms with Crippen LogP contribution in [0.5, 0.6) is 0 Å². The molecule has 246 valence electrons. The van der Waals surface area contributed by atoms with Crippen molar-refractivity contribution in [3.05, 3.63) is 0 Å². The quantitative estimate of drug-likeness (QED) is 0.0702. The van der Waals surface area contributed by atoms with Crippen LogP contribution in [0, 0.1) is 5.92 Å². The van der Waals surface area contributed by atoms with E-state index in [1.165, 1.54) is 23.5 Å². The van der Waals surface area contributed by atoms with E-state index in [0.717, 1.165) is 0 Å². The molecule has 0 bridgehead atoms. The molecule has 0 spiro atoms. The predicted molar refractivity (Wildman–Crippen MR) is 163 cm³/mol. The highest BCUT2D eigenvalue weighted by molar-refractivity contribution is 7.98. The Kier molecular flexibility index (Phi) is 20.1. The van der Waals surface area contributed by atoms with Crippen LogP contribution < -0.4 is 27.0 Å². The van der Waals surface area contributed by atoms with Crippen LogP contribution >= 0.6 is 23.5 Å². The van der Waals surface area contributed by atoms with Crippen LogP contribution in [0.1, 0.15) is 58.8 Å². The number of hydrogen-bond donors (Lipinski definition) is 8. The number of rotatable bonds is 23. The zero-order chi connectivity index (χ0) is 33.1. The van der Waals surface area contributed by atoms with Gasteiger partial charge in [-0.1, -0.05) is 13.8 Å². The number of hydrogen-bond acceptors (Lipinski definition) is 10. The Morgan fingerprint density at radius 3 is 1.47 bits per heavy atom. The Morgan fingerprint density at radius 1 is 0.605 bits per heavy atom. The summed E-state index contributed by atoms with van der Waals surface area (Å²) in [5.41, 5.74) is 5.93. The van der Waals surface area contributed by atoms with Gasteiger partial charge in [-0.05, 0) is 62.0 Å². The van der Waals surface area contributed by atoms with Gasteiger partial charge in [0.15, 0.2) is 0 Å². The summed E-state index contributed by atoms with van der Waals surface area (Å²) in [4.78, 5) is 85.8. The van der Waals surface area contributed by atoms with E-state index in [9.17, 15) is 43.8 Å². The second-order valence-electron chi connectivity index (χ2n) is 10.2. The Morgan fingerprint density at radius 2 is 1.00 bits per heavy atom. The molecule has 4 amide bonds. The van der Waals surface area contributed by atoms with Crippen LogP contribution in [0.15, 0.2) is 0 Å². The van der Waals surface area contributed by atoms with Gasteiger partial charge in [-0.25, -0.2) is 4.79 Å². The fourth-order valence-electron chi connectivity index (χ4n) is 3.74. The van der Waals surface area contributed by atoms with Crippen molar-refractivity contribution in [3.8, 4) is 0 Å². The van der Waals surface area contributed by atoms with Gasteiger partial charge in [-0.2, -0.15) is 23.5 Å². The van der Waals surface area contributed by atoms with Crippen molar-refractivity contribution in [3.63, 3.8) is 0 Å². The van der Waals surface area contributed by atoms with Crippen molar-refractivity contribution in [1.82, 2.24) is 21.3 Å². The average Bonchev–Trinajstić information content (AvgIpc) is 2.92. The summed E-state index contributed by atoms with van der Waals surface area (Å²) in [5, 5.41) is 37.3. The normalized spacial score (nSPS) is 14.5. The maximum Gasteiger partial charge on any atom is 0.326 e. The summed E-state index contributed by atoms with van der Waals surface area (Å²) in [6.45, 7) is 3.50. The van der Waals surface area contributed by atoms with Crippen LogP contribution in [-0.2, 0) is 33.6 Å². The fraction of sp³-hybridized carbons (Fsp3) is 0.731. The number of nitrogens with two attached hydrogens (primary N) is 1. The number of carboxylic acids is 3. The van der Waals surface area contributed by atoms with Crippen LogP contribution in [0.2, 0.25) is 0 Å². The largest absolute Gasteiger partial charge is 0.481 e. The smallest absolute Gasteiger partial charge is 0.326 e. The first kappa shape index (κ1) is 40.0. The monoisotopic (exact) mass is 651 g/mol. The lowest BCUT2D eigenvalue weighted by Crippen LogP contribution is -2.58. The Hall–Kier alpha value is -3.05. The molecule has 0 fully saturated rings. The first-order valence-corrected chi connectivity index (χ1v) is 16.5. The summed E-state index contributed by atoms with van der Waals surface area (Å²) in [6, 6.07) is -6.14. The van der Waals surface area contributed by atoms with Gasteiger partial charge in [0.2, 0.25) is 23.6 Å². The first-order chi connectivity index (χ1) is 20.1. The highest BCUT2D eigenvalue weighted by Gasteiger charge is 2.32. The van der Waals surface area contributed by atoms with E-state index in [2.05, 4.69) is 21.3 Å². The molecular formula is C26H45N5O10S2. The second kappa shape index (κ2) is 21.6. The second-order valence-corrected chi connectivity index (χ2v) is 12.2. The Labute approximate surface area is 259 Å². The third-order valence-electron chi connectivity index (χ3n) is 6.09. The molecule has 0 aromatic carbocycles. The number of carboxylic acid groups (broad SMARTS) is 3.